The lowest BCUT2D eigenvalue weighted by Crippen LogP contribution is -2.42. The molecule has 16 heteroatoms. The van der Waals surface area contributed by atoms with E-state index in [1.807, 2.05) is 53.4 Å². The molecule has 354 valence electrons. The lowest BCUT2D eigenvalue weighted by molar-refractivity contribution is 0.0173. The molecule has 3 aromatic rings. The van der Waals surface area contributed by atoms with E-state index in [0.717, 1.165) is 114 Å². The highest BCUT2D eigenvalue weighted by atomic mass is 32.2. The standard InChI is InChI=1S/C21H33N3O2.C11H22N2O2.C9H10N2O.C7H8O3S/c1-21(2,3)26-20(25)24-13-11-16(12-14-24)7-6-10-19-22-15-17-8-4-5-9-18(17)23-19;1-11(2,3)15-10(14)13-6-4-9(8-12)5-7-13;12-6-9-10-5-7-3-1-2-4-8(7)11-9;1-6-2-4-7(5-3-6)11(8,9)10/h15-16H,4-14H2,1-3H3;9H,4-8,12H2,1-3H3;5-6H,1-4H2;2-5H,1H3,(H,8,9,10). The Morgan fingerprint density at radius 3 is 1.69 bits per heavy atom. The van der Waals surface area contributed by atoms with Crippen LogP contribution in [0.4, 0.5) is 9.59 Å². The molecule has 2 fully saturated rings. The number of carbonyl (C=O) groups is 3. The molecule has 1 aromatic carbocycles. The number of ether oxygens (including phenoxy) is 2. The highest BCUT2D eigenvalue weighted by Crippen LogP contribution is 2.25. The Labute approximate surface area is 381 Å². The van der Waals surface area contributed by atoms with Crippen molar-refractivity contribution in [3.05, 3.63) is 76.4 Å². The van der Waals surface area contributed by atoms with Crippen LogP contribution in [0.1, 0.15) is 150 Å². The maximum atomic E-state index is 12.1. The number of amides is 2. The monoisotopic (exact) mass is 908 g/mol. The van der Waals surface area contributed by atoms with Crippen LogP contribution in [-0.2, 0) is 51.7 Å². The summed E-state index contributed by atoms with van der Waals surface area (Å²) in [5.74, 6) is 2.60. The fraction of sp³-hybridized carbons (Fsp3) is 0.646. The maximum absolute atomic E-state index is 12.1. The molecule has 0 radical (unpaired) electrons. The van der Waals surface area contributed by atoms with Gasteiger partial charge in [0.15, 0.2) is 12.1 Å². The van der Waals surface area contributed by atoms with Gasteiger partial charge in [-0.3, -0.25) is 9.35 Å². The normalized spacial score (nSPS) is 16.8. The molecule has 7 rings (SSSR count). The molecule has 0 bridgehead atoms. The summed E-state index contributed by atoms with van der Waals surface area (Å²) >= 11 is 0. The van der Waals surface area contributed by atoms with Crippen LogP contribution >= 0.6 is 0 Å². The molecule has 0 spiro atoms. The zero-order valence-corrected chi connectivity index (χ0v) is 40.1. The third-order valence-electron chi connectivity index (χ3n) is 11.5. The highest BCUT2D eigenvalue weighted by molar-refractivity contribution is 7.85. The Morgan fingerprint density at radius 2 is 1.22 bits per heavy atom. The van der Waals surface area contributed by atoms with Crippen molar-refractivity contribution in [1.82, 2.24) is 29.7 Å². The summed E-state index contributed by atoms with van der Waals surface area (Å²) in [4.78, 5) is 55.2. The quantitative estimate of drug-likeness (QED) is 0.169. The van der Waals surface area contributed by atoms with Gasteiger partial charge in [-0.2, -0.15) is 8.42 Å². The number of rotatable bonds is 7. The fourth-order valence-electron chi connectivity index (χ4n) is 7.85. The number of benzene rings is 1. The van der Waals surface area contributed by atoms with Gasteiger partial charge in [-0.25, -0.2) is 29.5 Å². The van der Waals surface area contributed by atoms with E-state index in [-0.39, 0.29) is 17.1 Å². The number of aryl methyl sites for hydroxylation is 6. The predicted molar refractivity (Wildman–Crippen MR) is 247 cm³/mol. The van der Waals surface area contributed by atoms with Gasteiger partial charge in [-0.05, 0) is 180 Å². The second-order valence-electron chi connectivity index (χ2n) is 19.2. The number of fused-ring (bicyclic) bond motifs is 2. The molecule has 4 aliphatic rings. The minimum atomic E-state index is -4.02. The summed E-state index contributed by atoms with van der Waals surface area (Å²) in [6.45, 7) is 17.2. The van der Waals surface area contributed by atoms with Crippen molar-refractivity contribution in [2.24, 2.45) is 17.6 Å². The van der Waals surface area contributed by atoms with Gasteiger partial charge in [0.05, 0.1) is 4.90 Å². The Kier molecular flexibility index (Phi) is 20.1. The minimum absolute atomic E-state index is 0.0666. The van der Waals surface area contributed by atoms with Crippen molar-refractivity contribution in [1.29, 1.82) is 0 Å². The Balaban J connectivity index is 0.000000201. The first kappa shape index (κ1) is 52.1. The van der Waals surface area contributed by atoms with E-state index < -0.39 is 21.3 Å². The molecule has 2 amide bonds. The summed E-state index contributed by atoms with van der Waals surface area (Å²) in [5, 5.41) is 0. The highest BCUT2D eigenvalue weighted by Gasteiger charge is 2.28. The van der Waals surface area contributed by atoms with E-state index >= 15 is 0 Å². The smallest absolute Gasteiger partial charge is 0.410 e. The average molecular weight is 908 g/mol. The van der Waals surface area contributed by atoms with E-state index in [4.69, 9.17) is 24.7 Å². The maximum Gasteiger partial charge on any atom is 0.410 e. The van der Waals surface area contributed by atoms with Crippen molar-refractivity contribution in [3.8, 4) is 0 Å². The first-order valence-corrected chi connectivity index (χ1v) is 24.5. The summed E-state index contributed by atoms with van der Waals surface area (Å²) in [7, 11) is -4.02. The third-order valence-corrected chi connectivity index (χ3v) is 12.4. The van der Waals surface area contributed by atoms with Crippen LogP contribution in [0.3, 0.4) is 0 Å². The molecule has 4 heterocycles. The van der Waals surface area contributed by atoms with Gasteiger partial charge in [-0.15, -0.1) is 0 Å². The largest absolute Gasteiger partial charge is 0.444 e. The summed E-state index contributed by atoms with van der Waals surface area (Å²) in [6, 6.07) is 5.99. The Hall–Kier alpha value is -4.54. The summed E-state index contributed by atoms with van der Waals surface area (Å²) < 4.78 is 40.3. The number of nitrogens with two attached hydrogens (primary N) is 1. The van der Waals surface area contributed by atoms with Gasteiger partial charge in [0.1, 0.15) is 17.0 Å². The molecular weight excluding hydrogens is 835 g/mol. The number of carbonyl (C=O) groups excluding carboxylic acids is 3. The second kappa shape index (κ2) is 24.7. The van der Waals surface area contributed by atoms with E-state index in [0.29, 0.717) is 23.9 Å². The van der Waals surface area contributed by atoms with E-state index in [1.54, 1.807) is 23.2 Å². The van der Waals surface area contributed by atoms with Crippen LogP contribution < -0.4 is 5.73 Å². The van der Waals surface area contributed by atoms with Gasteiger partial charge >= 0.3 is 12.2 Å². The molecule has 2 saturated heterocycles. The SMILES string of the molecule is CC(C)(C)OC(=O)N1CCC(CCCc2ncc3c(n2)CCCC3)CC1.CC(C)(C)OC(=O)N1CCC(CN)CC1.Cc1ccc(S(=O)(=O)O)cc1.O=Cc1ncc2c(n1)CCCC2. The third kappa shape index (κ3) is 18.5. The number of aromatic nitrogens is 4. The van der Waals surface area contributed by atoms with Crippen molar-refractivity contribution < 1.29 is 36.8 Å². The number of likely N-dealkylation sites (tertiary alicyclic amines) is 2. The molecule has 2 aliphatic carbocycles. The van der Waals surface area contributed by atoms with Crippen molar-refractivity contribution in [3.63, 3.8) is 0 Å². The second-order valence-corrected chi connectivity index (χ2v) is 20.6. The molecule has 15 nitrogen and oxygen atoms in total. The van der Waals surface area contributed by atoms with E-state index in [2.05, 4.69) is 21.1 Å². The van der Waals surface area contributed by atoms with Gasteiger partial charge in [0.2, 0.25) is 0 Å². The molecule has 2 aliphatic heterocycles. The minimum Gasteiger partial charge on any atom is -0.444 e. The lowest BCUT2D eigenvalue weighted by atomic mass is 9.91. The van der Waals surface area contributed by atoms with Crippen LogP contribution in [0, 0.1) is 18.8 Å². The van der Waals surface area contributed by atoms with E-state index in [1.165, 1.54) is 61.1 Å². The van der Waals surface area contributed by atoms with Crippen molar-refractivity contribution in [2.45, 2.75) is 161 Å². The molecule has 0 saturated carbocycles. The van der Waals surface area contributed by atoms with Crippen LogP contribution in [0.15, 0.2) is 41.6 Å². The van der Waals surface area contributed by atoms with Crippen LogP contribution in [0.2, 0.25) is 0 Å². The summed E-state index contributed by atoms with van der Waals surface area (Å²) in [5.41, 5.74) is 10.7. The Bertz CT molecular complexity index is 2050. The average Bonchev–Trinajstić information content (AvgIpc) is 3.26. The molecular formula is C48H73N7O8S. The number of hydrogen-bond acceptors (Lipinski definition) is 12. The Morgan fingerprint density at radius 1 is 0.750 bits per heavy atom. The topological polar surface area (TPSA) is 208 Å². The van der Waals surface area contributed by atoms with Crippen molar-refractivity contribution >= 4 is 28.6 Å². The first-order valence-electron chi connectivity index (χ1n) is 23.1. The number of aldehydes is 1. The molecule has 0 unspecified atom stereocenters. The van der Waals surface area contributed by atoms with Gasteiger partial charge < -0.3 is 25.0 Å². The zero-order chi connectivity index (χ0) is 46.9. The molecule has 0 atom stereocenters. The van der Waals surface area contributed by atoms with Gasteiger partial charge in [0.25, 0.3) is 10.1 Å². The molecule has 64 heavy (non-hydrogen) atoms. The number of piperidine rings is 2. The van der Waals surface area contributed by atoms with Crippen LogP contribution in [0.25, 0.3) is 0 Å². The van der Waals surface area contributed by atoms with Crippen LogP contribution in [-0.4, -0.2) is 105 Å². The zero-order valence-electron chi connectivity index (χ0n) is 39.3. The van der Waals surface area contributed by atoms with Crippen molar-refractivity contribution in [2.75, 3.05) is 32.7 Å². The number of nitrogens with zero attached hydrogens (tertiary/aromatic N) is 6. The van der Waals surface area contributed by atoms with Gasteiger partial charge in [-0.1, -0.05) is 17.7 Å². The molecule has 2 aromatic heterocycles. The fourth-order valence-corrected chi connectivity index (χ4v) is 8.33. The first-order chi connectivity index (χ1) is 30.2. The summed E-state index contributed by atoms with van der Waals surface area (Å²) in [6.07, 6.45) is 20.9. The van der Waals surface area contributed by atoms with Crippen LogP contribution in [0.5, 0.6) is 0 Å². The number of hydrogen-bond donors (Lipinski definition) is 2. The molecule has 3 N–H and O–H groups in total. The lowest BCUT2D eigenvalue weighted by Gasteiger charge is -2.33. The predicted octanol–water partition coefficient (Wildman–Crippen LogP) is 8.33. The van der Waals surface area contributed by atoms with E-state index in [9.17, 15) is 22.8 Å². The van der Waals surface area contributed by atoms with Gasteiger partial charge in [0, 0.05) is 56.4 Å².